The van der Waals surface area contributed by atoms with E-state index in [9.17, 15) is 4.79 Å². The summed E-state index contributed by atoms with van der Waals surface area (Å²) in [5.74, 6) is 0.282. The van der Waals surface area contributed by atoms with Gasteiger partial charge in [-0.1, -0.05) is 36.4 Å². The fourth-order valence-electron chi connectivity index (χ4n) is 3.09. The van der Waals surface area contributed by atoms with E-state index in [2.05, 4.69) is 10.3 Å². The number of aromatic nitrogens is 3. The number of para-hydroxylation sites is 2. The quantitative estimate of drug-likeness (QED) is 0.492. The highest BCUT2D eigenvalue weighted by Crippen LogP contribution is 2.29. The number of thiophene rings is 1. The van der Waals surface area contributed by atoms with E-state index >= 15 is 0 Å². The Hall–Kier alpha value is -3.51. The van der Waals surface area contributed by atoms with Gasteiger partial charge in [0, 0.05) is 22.3 Å². The van der Waals surface area contributed by atoms with Crippen LogP contribution in [-0.2, 0) is 0 Å². The van der Waals surface area contributed by atoms with Crippen LogP contribution in [0.5, 0.6) is 0 Å². The minimum Gasteiger partial charge on any atom is -0.305 e. The first-order valence-electron chi connectivity index (χ1n) is 8.47. The van der Waals surface area contributed by atoms with E-state index in [-0.39, 0.29) is 5.91 Å². The third-order valence-corrected chi connectivity index (χ3v) is 5.08. The van der Waals surface area contributed by atoms with E-state index in [0.717, 1.165) is 22.0 Å². The molecule has 1 amide bonds. The number of carbonyl (C=O) groups is 1. The molecule has 0 saturated heterocycles. The molecule has 0 saturated carbocycles. The summed E-state index contributed by atoms with van der Waals surface area (Å²) in [4.78, 5) is 17.2. The molecule has 130 valence electrons. The lowest BCUT2D eigenvalue weighted by Crippen LogP contribution is -2.12. The van der Waals surface area contributed by atoms with Crippen molar-refractivity contribution in [1.29, 1.82) is 0 Å². The number of fused-ring (bicyclic) bond motifs is 3. The minimum absolute atomic E-state index is 0.186. The number of amides is 1. The largest absolute Gasteiger partial charge is 0.305 e. The van der Waals surface area contributed by atoms with Gasteiger partial charge in [0.15, 0.2) is 5.82 Å². The third kappa shape index (κ3) is 2.76. The summed E-state index contributed by atoms with van der Waals surface area (Å²) in [5, 5.41) is 13.3. The van der Waals surface area contributed by atoms with Gasteiger partial charge < -0.3 is 5.32 Å². The van der Waals surface area contributed by atoms with Gasteiger partial charge in [-0.25, -0.2) is 9.67 Å². The average molecular weight is 370 g/mol. The molecule has 0 fully saturated rings. The Morgan fingerprint density at radius 3 is 2.59 bits per heavy atom. The standard InChI is InChI=1S/C21H14N4OS/c26-21(14-10-11-27-13-14)23-20-19-17(16-8-4-5-9-18(16)22-20)12-25(24-19)15-6-2-1-3-7-15/h1-13H,(H,22,23,26). The third-order valence-electron chi connectivity index (χ3n) is 4.40. The first kappa shape index (κ1) is 15.7. The first-order chi connectivity index (χ1) is 13.3. The smallest absolute Gasteiger partial charge is 0.257 e. The Labute approximate surface area is 158 Å². The van der Waals surface area contributed by atoms with Crippen molar-refractivity contribution in [1.82, 2.24) is 14.8 Å². The molecule has 5 rings (SSSR count). The summed E-state index contributed by atoms with van der Waals surface area (Å²) in [6.45, 7) is 0. The molecule has 0 aliphatic heterocycles. The summed E-state index contributed by atoms with van der Waals surface area (Å²) in [5.41, 5.74) is 3.05. The number of nitrogens with one attached hydrogen (secondary N) is 1. The average Bonchev–Trinajstić information content (AvgIpc) is 3.39. The maximum absolute atomic E-state index is 12.6. The van der Waals surface area contributed by atoms with Gasteiger partial charge in [-0.3, -0.25) is 4.79 Å². The number of pyridine rings is 1. The van der Waals surface area contributed by atoms with Crippen LogP contribution in [0.1, 0.15) is 10.4 Å². The molecule has 0 radical (unpaired) electrons. The predicted molar refractivity (Wildman–Crippen MR) is 109 cm³/mol. The van der Waals surface area contributed by atoms with Crippen molar-refractivity contribution in [3.63, 3.8) is 0 Å². The minimum atomic E-state index is -0.186. The topological polar surface area (TPSA) is 59.8 Å². The molecule has 27 heavy (non-hydrogen) atoms. The molecule has 3 aromatic heterocycles. The molecule has 3 heterocycles. The summed E-state index contributed by atoms with van der Waals surface area (Å²) < 4.78 is 1.82. The zero-order valence-corrected chi connectivity index (χ0v) is 15.0. The van der Waals surface area contributed by atoms with Crippen LogP contribution in [0.2, 0.25) is 0 Å². The molecule has 0 atom stereocenters. The number of hydrogen-bond donors (Lipinski definition) is 1. The molecule has 5 aromatic rings. The van der Waals surface area contributed by atoms with Crippen molar-refractivity contribution in [2.24, 2.45) is 0 Å². The normalized spacial score (nSPS) is 11.1. The Morgan fingerprint density at radius 2 is 1.78 bits per heavy atom. The molecule has 0 bridgehead atoms. The summed E-state index contributed by atoms with van der Waals surface area (Å²) in [6.07, 6.45) is 1.98. The lowest BCUT2D eigenvalue weighted by Gasteiger charge is -2.06. The van der Waals surface area contributed by atoms with Gasteiger partial charge in [-0.05, 0) is 29.6 Å². The Kier molecular flexibility index (Phi) is 3.69. The molecular weight excluding hydrogens is 356 g/mol. The van der Waals surface area contributed by atoms with Crippen LogP contribution in [0, 0.1) is 0 Å². The molecule has 2 aromatic carbocycles. The zero-order chi connectivity index (χ0) is 18.2. The Balaban J connectivity index is 1.71. The maximum Gasteiger partial charge on any atom is 0.257 e. The Morgan fingerprint density at radius 1 is 0.963 bits per heavy atom. The van der Waals surface area contributed by atoms with Crippen molar-refractivity contribution >= 4 is 44.9 Å². The van der Waals surface area contributed by atoms with E-state index < -0.39 is 0 Å². The lowest BCUT2D eigenvalue weighted by atomic mass is 10.1. The molecule has 0 unspecified atom stereocenters. The number of nitrogens with zero attached hydrogens (tertiary/aromatic N) is 3. The van der Waals surface area contributed by atoms with Gasteiger partial charge in [0.2, 0.25) is 0 Å². The van der Waals surface area contributed by atoms with Crippen LogP contribution >= 0.6 is 11.3 Å². The summed E-state index contributed by atoms with van der Waals surface area (Å²) in [7, 11) is 0. The van der Waals surface area contributed by atoms with E-state index in [1.807, 2.05) is 76.2 Å². The van der Waals surface area contributed by atoms with Crippen LogP contribution < -0.4 is 5.32 Å². The molecule has 5 nitrogen and oxygen atoms in total. The number of hydrogen-bond acceptors (Lipinski definition) is 4. The Bertz CT molecular complexity index is 1260. The molecule has 0 spiro atoms. The van der Waals surface area contributed by atoms with Crippen molar-refractivity contribution in [2.45, 2.75) is 0 Å². The highest BCUT2D eigenvalue weighted by atomic mass is 32.1. The first-order valence-corrected chi connectivity index (χ1v) is 9.41. The van der Waals surface area contributed by atoms with Gasteiger partial charge in [0.25, 0.3) is 5.91 Å². The fraction of sp³-hybridized carbons (Fsp3) is 0. The second kappa shape index (κ2) is 6.34. The van der Waals surface area contributed by atoms with Crippen molar-refractivity contribution < 1.29 is 4.79 Å². The molecule has 0 aliphatic carbocycles. The van der Waals surface area contributed by atoms with E-state index in [4.69, 9.17) is 5.10 Å². The fourth-order valence-corrected chi connectivity index (χ4v) is 3.73. The van der Waals surface area contributed by atoms with Gasteiger partial charge in [-0.15, -0.1) is 0 Å². The number of rotatable bonds is 3. The molecule has 1 N–H and O–H groups in total. The summed E-state index contributed by atoms with van der Waals surface area (Å²) >= 11 is 1.49. The van der Waals surface area contributed by atoms with E-state index in [1.165, 1.54) is 11.3 Å². The molecule has 6 heteroatoms. The predicted octanol–water partition coefficient (Wildman–Crippen LogP) is 4.89. The zero-order valence-electron chi connectivity index (χ0n) is 14.2. The highest BCUT2D eigenvalue weighted by molar-refractivity contribution is 7.08. The van der Waals surface area contributed by atoms with Crippen molar-refractivity contribution in [3.05, 3.63) is 83.2 Å². The molecular formula is C21H14N4OS. The van der Waals surface area contributed by atoms with E-state index in [1.54, 1.807) is 6.07 Å². The molecule has 0 aliphatic rings. The van der Waals surface area contributed by atoms with Crippen LogP contribution in [0.15, 0.2) is 77.6 Å². The van der Waals surface area contributed by atoms with Crippen molar-refractivity contribution in [3.8, 4) is 5.69 Å². The highest BCUT2D eigenvalue weighted by Gasteiger charge is 2.16. The van der Waals surface area contributed by atoms with Gasteiger partial charge in [-0.2, -0.15) is 16.4 Å². The van der Waals surface area contributed by atoms with Crippen LogP contribution in [0.3, 0.4) is 0 Å². The van der Waals surface area contributed by atoms with Gasteiger partial charge in [0.05, 0.1) is 16.8 Å². The number of anilines is 1. The SMILES string of the molecule is O=C(Nc1nc2ccccc2c2cn(-c3ccccc3)nc12)c1ccsc1. The second-order valence-electron chi connectivity index (χ2n) is 6.12. The number of benzene rings is 2. The lowest BCUT2D eigenvalue weighted by molar-refractivity contribution is 0.102. The second-order valence-corrected chi connectivity index (χ2v) is 6.90. The van der Waals surface area contributed by atoms with Gasteiger partial charge in [0.1, 0.15) is 5.52 Å². The monoisotopic (exact) mass is 370 g/mol. The van der Waals surface area contributed by atoms with Gasteiger partial charge >= 0.3 is 0 Å². The van der Waals surface area contributed by atoms with Crippen LogP contribution in [0.25, 0.3) is 27.5 Å². The van der Waals surface area contributed by atoms with Crippen LogP contribution in [0.4, 0.5) is 5.82 Å². The summed E-state index contributed by atoms with van der Waals surface area (Å²) in [6, 6.07) is 19.6. The van der Waals surface area contributed by atoms with Crippen LogP contribution in [-0.4, -0.2) is 20.7 Å². The van der Waals surface area contributed by atoms with E-state index in [0.29, 0.717) is 16.9 Å². The number of carbonyl (C=O) groups excluding carboxylic acids is 1. The maximum atomic E-state index is 12.6. The van der Waals surface area contributed by atoms with Crippen molar-refractivity contribution in [2.75, 3.05) is 5.32 Å².